The molecular formula is C20H17F2N5. The van der Waals surface area contributed by atoms with Crippen LogP contribution in [-0.2, 0) is 13.0 Å². The molecule has 2 N–H and O–H groups in total. The second kappa shape index (κ2) is 7.11. The Labute approximate surface area is 154 Å². The van der Waals surface area contributed by atoms with E-state index in [1.807, 2.05) is 19.2 Å². The third-order valence-corrected chi connectivity index (χ3v) is 4.38. The molecule has 0 saturated heterocycles. The topological polar surface area (TPSA) is 66.5 Å². The minimum absolute atomic E-state index is 0.202. The summed E-state index contributed by atoms with van der Waals surface area (Å²) in [5, 5.41) is 3.91. The lowest BCUT2D eigenvalue weighted by Crippen LogP contribution is -2.05. The summed E-state index contributed by atoms with van der Waals surface area (Å²) < 4.78 is 28.1. The van der Waals surface area contributed by atoms with Crippen molar-refractivity contribution >= 4 is 16.9 Å². The van der Waals surface area contributed by atoms with Gasteiger partial charge in [-0.05, 0) is 36.2 Å². The first-order chi connectivity index (χ1) is 13.1. The van der Waals surface area contributed by atoms with Gasteiger partial charge in [0, 0.05) is 48.1 Å². The Balaban J connectivity index is 1.51. The number of pyridine rings is 3. The van der Waals surface area contributed by atoms with Gasteiger partial charge in [-0.25, -0.2) is 14.4 Å². The van der Waals surface area contributed by atoms with Gasteiger partial charge in [0.05, 0.1) is 6.20 Å². The second-order valence-electron chi connectivity index (χ2n) is 6.37. The molecular weight excluding hydrogens is 348 g/mol. The molecule has 4 rings (SSSR count). The number of hydrogen-bond acceptors (Lipinski definition) is 4. The molecule has 0 aliphatic heterocycles. The molecule has 5 nitrogen and oxygen atoms in total. The van der Waals surface area contributed by atoms with E-state index in [2.05, 4.69) is 25.3 Å². The second-order valence-corrected chi connectivity index (χ2v) is 6.37. The van der Waals surface area contributed by atoms with E-state index in [0.29, 0.717) is 23.4 Å². The first kappa shape index (κ1) is 17.1. The molecule has 27 heavy (non-hydrogen) atoms. The van der Waals surface area contributed by atoms with Crippen LogP contribution >= 0.6 is 0 Å². The molecule has 0 unspecified atom stereocenters. The average molecular weight is 365 g/mol. The van der Waals surface area contributed by atoms with Crippen LogP contribution < -0.4 is 5.32 Å². The normalized spacial score (nSPS) is 11.1. The van der Waals surface area contributed by atoms with Crippen LogP contribution in [0.2, 0.25) is 0 Å². The largest absolute Gasteiger partial charge is 0.366 e. The third-order valence-electron chi connectivity index (χ3n) is 4.38. The zero-order valence-electron chi connectivity index (χ0n) is 14.6. The molecule has 4 heterocycles. The quantitative estimate of drug-likeness (QED) is 0.522. The maximum Gasteiger partial charge on any atom is 0.218 e. The number of anilines is 1. The van der Waals surface area contributed by atoms with Crippen LogP contribution in [0.4, 0.5) is 14.6 Å². The van der Waals surface area contributed by atoms with Crippen molar-refractivity contribution in [2.75, 3.05) is 5.32 Å². The molecule has 0 aromatic carbocycles. The first-order valence-corrected chi connectivity index (χ1v) is 8.50. The number of aryl methyl sites for hydroxylation is 1. The predicted octanol–water partition coefficient (Wildman–Crippen LogP) is 4.14. The van der Waals surface area contributed by atoms with Crippen molar-refractivity contribution in [2.45, 2.75) is 19.9 Å². The molecule has 0 bridgehead atoms. The molecule has 0 saturated carbocycles. The van der Waals surface area contributed by atoms with Crippen molar-refractivity contribution in [2.24, 2.45) is 0 Å². The monoisotopic (exact) mass is 365 g/mol. The van der Waals surface area contributed by atoms with Gasteiger partial charge in [0.2, 0.25) is 5.95 Å². The van der Waals surface area contributed by atoms with Crippen molar-refractivity contribution in [1.29, 1.82) is 0 Å². The van der Waals surface area contributed by atoms with Crippen molar-refractivity contribution < 1.29 is 8.78 Å². The summed E-state index contributed by atoms with van der Waals surface area (Å²) in [5.74, 6) is -0.612. The van der Waals surface area contributed by atoms with Crippen LogP contribution in [0, 0.1) is 18.7 Å². The summed E-state index contributed by atoms with van der Waals surface area (Å²) in [4.78, 5) is 15.1. The van der Waals surface area contributed by atoms with Crippen LogP contribution in [0.3, 0.4) is 0 Å². The molecule has 4 aromatic heterocycles. The van der Waals surface area contributed by atoms with E-state index in [1.165, 1.54) is 6.20 Å². The van der Waals surface area contributed by atoms with Crippen LogP contribution in [0.25, 0.3) is 11.0 Å². The van der Waals surface area contributed by atoms with Gasteiger partial charge in [0.1, 0.15) is 17.3 Å². The zero-order valence-corrected chi connectivity index (χ0v) is 14.6. The van der Waals surface area contributed by atoms with Crippen LogP contribution in [0.1, 0.15) is 22.3 Å². The van der Waals surface area contributed by atoms with Gasteiger partial charge < -0.3 is 10.3 Å². The van der Waals surface area contributed by atoms with Gasteiger partial charge in [-0.15, -0.1) is 0 Å². The lowest BCUT2D eigenvalue weighted by atomic mass is 10.1. The van der Waals surface area contributed by atoms with Crippen molar-refractivity contribution in [3.63, 3.8) is 0 Å². The van der Waals surface area contributed by atoms with Crippen LogP contribution in [0.5, 0.6) is 0 Å². The van der Waals surface area contributed by atoms with Gasteiger partial charge in [-0.2, -0.15) is 4.39 Å². The zero-order chi connectivity index (χ0) is 18.8. The average Bonchev–Trinajstić information content (AvgIpc) is 3.05. The number of nitrogens with one attached hydrogen (secondary N) is 2. The number of rotatable bonds is 5. The Morgan fingerprint density at radius 3 is 2.78 bits per heavy atom. The van der Waals surface area contributed by atoms with E-state index in [1.54, 1.807) is 24.4 Å². The van der Waals surface area contributed by atoms with E-state index >= 15 is 0 Å². The van der Waals surface area contributed by atoms with Crippen molar-refractivity contribution in [3.05, 3.63) is 83.1 Å². The summed E-state index contributed by atoms with van der Waals surface area (Å²) in [5.41, 5.74) is 3.71. The molecule has 136 valence electrons. The molecule has 0 aliphatic carbocycles. The van der Waals surface area contributed by atoms with Gasteiger partial charge in [-0.1, -0.05) is 6.07 Å². The predicted molar refractivity (Wildman–Crippen MR) is 99.4 cm³/mol. The van der Waals surface area contributed by atoms with E-state index in [4.69, 9.17) is 0 Å². The maximum atomic E-state index is 14.5. The molecule has 0 amide bonds. The van der Waals surface area contributed by atoms with E-state index in [9.17, 15) is 8.78 Å². The Morgan fingerprint density at radius 2 is 1.96 bits per heavy atom. The fourth-order valence-corrected chi connectivity index (χ4v) is 2.94. The lowest BCUT2D eigenvalue weighted by molar-refractivity contribution is 0.571. The van der Waals surface area contributed by atoms with Gasteiger partial charge in [0.25, 0.3) is 0 Å². The molecule has 0 aliphatic rings. The van der Waals surface area contributed by atoms with E-state index < -0.39 is 11.8 Å². The van der Waals surface area contributed by atoms with Crippen molar-refractivity contribution in [3.8, 4) is 0 Å². The molecule has 7 heteroatoms. The number of fused-ring (bicyclic) bond motifs is 1. The summed E-state index contributed by atoms with van der Waals surface area (Å²) in [6.07, 6.45) is 6.69. The minimum atomic E-state index is -0.551. The Morgan fingerprint density at radius 1 is 1.07 bits per heavy atom. The highest BCUT2D eigenvalue weighted by atomic mass is 19.1. The summed E-state index contributed by atoms with van der Waals surface area (Å²) in [6.45, 7) is 2.17. The SMILES string of the molecule is Cc1cnc2[nH]cc(Cc3ccc(NCc4ccncc4F)nc3F)c2c1. The standard InChI is InChI=1S/C20H17F2N5/c1-12-6-16-15(10-26-20(16)25-8-12)7-13-2-3-18(27-19(13)22)24-9-14-4-5-23-11-17(14)21/h2-6,8,10-11H,7,9H2,1H3,(H,24,27)(H,25,26). The highest BCUT2D eigenvalue weighted by Crippen LogP contribution is 2.22. The highest BCUT2D eigenvalue weighted by molar-refractivity contribution is 5.80. The molecule has 4 aromatic rings. The van der Waals surface area contributed by atoms with Crippen molar-refractivity contribution in [1.82, 2.24) is 19.9 Å². The smallest absolute Gasteiger partial charge is 0.218 e. The number of aromatic nitrogens is 4. The Hall–Kier alpha value is -3.35. The molecule has 0 radical (unpaired) electrons. The highest BCUT2D eigenvalue weighted by Gasteiger charge is 2.11. The summed E-state index contributed by atoms with van der Waals surface area (Å²) in [6, 6.07) is 6.98. The van der Waals surface area contributed by atoms with E-state index in [0.717, 1.165) is 28.4 Å². The number of hydrogen-bond donors (Lipinski definition) is 2. The fourth-order valence-electron chi connectivity index (χ4n) is 2.94. The van der Waals surface area contributed by atoms with E-state index in [-0.39, 0.29) is 6.54 Å². The number of nitrogens with zero attached hydrogens (tertiary/aromatic N) is 3. The van der Waals surface area contributed by atoms with Gasteiger partial charge >= 0.3 is 0 Å². The Kier molecular flexibility index (Phi) is 4.50. The number of aromatic amines is 1. The third kappa shape index (κ3) is 3.62. The number of halogens is 2. The molecule has 0 spiro atoms. The summed E-state index contributed by atoms with van der Waals surface area (Å²) in [7, 11) is 0. The van der Waals surface area contributed by atoms with Crippen LogP contribution in [-0.4, -0.2) is 19.9 Å². The fraction of sp³-hybridized carbons (Fsp3) is 0.150. The maximum absolute atomic E-state index is 14.5. The lowest BCUT2D eigenvalue weighted by Gasteiger charge is -2.08. The van der Waals surface area contributed by atoms with Gasteiger partial charge in [0.15, 0.2) is 0 Å². The molecule has 0 fully saturated rings. The Bertz CT molecular complexity index is 1110. The first-order valence-electron chi connectivity index (χ1n) is 8.50. The number of H-pyrrole nitrogens is 1. The molecule has 0 atom stereocenters. The van der Waals surface area contributed by atoms with Crippen LogP contribution in [0.15, 0.2) is 49.1 Å². The minimum Gasteiger partial charge on any atom is -0.366 e. The van der Waals surface area contributed by atoms with Gasteiger partial charge in [-0.3, -0.25) is 4.98 Å². The summed E-state index contributed by atoms with van der Waals surface area (Å²) >= 11 is 0.